The average Bonchev–Trinajstić information content (AvgIpc) is 3.03. The molecule has 5 nitrogen and oxygen atoms in total. The van der Waals surface area contributed by atoms with Crippen molar-refractivity contribution < 1.29 is 9.53 Å². The second-order valence-electron chi connectivity index (χ2n) is 5.65. The number of carbonyl (C=O) groups is 1. The molecule has 24 heavy (non-hydrogen) atoms. The number of nitrogens with one attached hydrogen (secondary N) is 1. The molecule has 0 saturated heterocycles. The van der Waals surface area contributed by atoms with Gasteiger partial charge in [0.05, 0.1) is 12.8 Å². The number of carbonyl (C=O) groups excluding carboxylic acids is 1. The number of rotatable bonds is 7. The van der Waals surface area contributed by atoms with E-state index in [4.69, 9.17) is 4.74 Å². The first-order valence-electron chi connectivity index (χ1n) is 8.07. The Hall–Kier alpha value is -2.82. The molecule has 0 unspecified atom stereocenters. The van der Waals surface area contributed by atoms with Gasteiger partial charge >= 0.3 is 0 Å². The normalized spacial score (nSPS) is 10.7. The number of pyridine rings is 1. The lowest BCUT2D eigenvalue weighted by atomic mass is 10.1. The summed E-state index contributed by atoms with van der Waals surface area (Å²) >= 11 is 0. The minimum Gasteiger partial charge on any atom is -0.497 e. The van der Waals surface area contributed by atoms with Gasteiger partial charge in [0, 0.05) is 25.4 Å². The molecule has 3 rings (SSSR count). The van der Waals surface area contributed by atoms with Crippen LogP contribution >= 0.6 is 0 Å². The molecule has 3 aromatic rings. The van der Waals surface area contributed by atoms with E-state index in [9.17, 15) is 4.79 Å². The number of methoxy groups -OCH3 is 1. The number of amides is 1. The summed E-state index contributed by atoms with van der Waals surface area (Å²) in [5, 5.41) is 2.96. The SMILES string of the molecule is COc1cccc(CCNC(=O)CCc2cn3ccccc3n2)c1. The number of fused-ring (bicyclic) bond motifs is 1. The molecular formula is C19H21N3O2. The first-order chi connectivity index (χ1) is 11.7. The zero-order valence-corrected chi connectivity index (χ0v) is 13.7. The van der Waals surface area contributed by atoms with Crippen molar-refractivity contribution in [3.63, 3.8) is 0 Å². The van der Waals surface area contributed by atoms with Crippen LogP contribution < -0.4 is 10.1 Å². The molecule has 0 spiro atoms. The van der Waals surface area contributed by atoms with Crippen LogP contribution in [0.15, 0.2) is 54.9 Å². The van der Waals surface area contributed by atoms with Gasteiger partial charge in [-0.3, -0.25) is 4.79 Å². The summed E-state index contributed by atoms with van der Waals surface area (Å²) in [6.07, 6.45) is 5.81. The lowest BCUT2D eigenvalue weighted by molar-refractivity contribution is -0.121. The average molecular weight is 323 g/mol. The van der Waals surface area contributed by atoms with E-state index in [2.05, 4.69) is 10.3 Å². The van der Waals surface area contributed by atoms with Gasteiger partial charge in [-0.15, -0.1) is 0 Å². The van der Waals surface area contributed by atoms with Crippen molar-refractivity contribution in [2.24, 2.45) is 0 Å². The fraction of sp³-hybridized carbons (Fsp3) is 0.263. The van der Waals surface area contributed by atoms with Crippen molar-refractivity contribution in [1.29, 1.82) is 0 Å². The van der Waals surface area contributed by atoms with Gasteiger partial charge < -0.3 is 14.5 Å². The monoisotopic (exact) mass is 323 g/mol. The van der Waals surface area contributed by atoms with Gasteiger partial charge in [0.15, 0.2) is 0 Å². The highest BCUT2D eigenvalue weighted by atomic mass is 16.5. The van der Waals surface area contributed by atoms with E-state index in [-0.39, 0.29) is 5.91 Å². The maximum absolute atomic E-state index is 12.0. The second-order valence-corrected chi connectivity index (χ2v) is 5.65. The molecule has 1 amide bonds. The van der Waals surface area contributed by atoms with Gasteiger partial charge in [-0.25, -0.2) is 4.98 Å². The number of hydrogen-bond donors (Lipinski definition) is 1. The number of nitrogens with zero attached hydrogens (tertiary/aromatic N) is 2. The Morgan fingerprint density at radius 2 is 2.12 bits per heavy atom. The molecule has 5 heteroatoms. The predicted octanol–water partition coefficient (Wildman–Crippen LogP) is 2.63. The molecule has 0 radical (unpaired) electrons. The quantitative estimate of drug-likeness (QED) is 0.727. The molecule has 0 aliphatic carbocycles. The third-order valence-corrected chi connectivity index (χ3v) is 3.89. The van der Waals surface area contributed by atoms with Gasteiger partial charge in [0.1, 0.15) is 11.4 Å². The standard InChI is InChI=1S/C19H21N3O2/c1-24-17-6-4-5-15(13-17)10-11-20-19(23)9-8-16-14-22-12-3-2-7-18(22)21-16/h2-7,12-14H,8-11H2,1H3,(H,20,23). The molecule has 0 fully saturated rings. The van der Waals surface area contributed by atoms with Crippen molar-refractivity contribution in [3.8, 4) is 5.75 Å². The zero-order valence-electron chi connectivity index (χ0n) is 13.7. The van der Waals surface area contributed by atoms with E-state index < -0.39 is 0 Å². The minimum atomic E-state index is 0.0509. The zero-order chi connectivity index (χ0) is 16.8. The van der Waals surface area contributed by atoms with E-state index in [0.29, 0.717) is 19.4 Å². The van der Waals surface area contributed by atoms with Crippen LogP contribution in [0.1, 0.15) is 17.7 Å². The Labute approximate surface area is 141 Å². The number of aryl methyl sites for hydroxylation is 1. The van der Waals surface area contributed by atoms with E-state index in [1.54, 1.807) is 7.11 Å². The number of hydrogen-bond acceptors (Lipinski definition) is 3. The van der Waals surface area contributed by atoms with Crippen LogP contribution in [0.5, 0.6) is 5.75 Å². The van der Waals surface area contributed by atoms with Crippen molar-refractivity contribution in [1.82, 2.24) is 14.7 Å². The third-order valence-electron chi connectivity index (χ3n) is 3.89. The highest BCUT2D eigenvalue weighted by Gasteiger charge is 2.05. The summed E-state index contributed by atoms with van der Waals surface area (Å²) in [6.45, 7) is 0.622. The Morgan fingerprint density at radius 1 is 1.21 bits per heavy atom. The number of ether oxygens (including phenoxy) is 1. The largest absolute Gasteiger partial charge is 0.497 e. The van der Waals surface area contributed by atoms with E-state index >= 15 is 0 Å². The maximum atomic E-state index is 12.0. The smallest absolute Gasteiger partial charge is 0.220 e. The van der Waals surface area contributed by atoms with Gasteiger partial charge in [-0.2, -0.15) is 0 Å². The predicted molar refractivity (Wildman–Crippen MR) is 93.2 cm³/mol. The molecule has 1 N–H and O–H groups in total. The van der Waals surface area contributed by atoms with Gasteiger partial charge in [0.25, 0.3) is 0 Å². The summed E-state index contributed by atoms with van der Waals surface area (Å²) < 4.78 is 7.17. The first-order valence-corrected chi connectivity index (χ1v) is 8.07. The molecule has 0 saturated carbocycles. The minimum absolute atomic E-state index is 0.0509. The highest BCUT2D eigenvalue weighted by molar-refractivity contribution is 5.76. The summed E-state index contributed by atoms with van der Waals surface area (Å²) in [6, 6.07) is 13.8. The molecule has 2 aromatic heterocycles. The second kappa shape index (κ2) is 7.64. The van der Waals surface area contributed by atoms with Crippen LogP contribution in [0.3, 0.4) is 0 Å². The number of imidazole rings is 1. The molecule has 0 bridgehead atoms. The summed E-state index contributed by atoms with van der Waals surface area (Å²) in [5.74, 6) is 0.889. The Kier molecular flexibility index (Phi) is 5.11. The lowest BCUT2D eigenvalue weighted by Gasteiger charge is -2.06. The first kappa shape index (κ1) is 16.1. The molecule has 124 valence electrons. The molecule has 2 heterocycles. The third kappa shape index (κ3) is 4.13. The molecule has 0 atom stereocenters. The van der Waals surface area contributed by atoms with Crippen molar-refractivity contribution in [2.75, 3.05) is 13.7 Å². The summed E-state index contributed by atoms with van der Waals surface area (Å²) in [7, 11) is 1.65. The summed E-state index contributed by atoms with van der Waals surface area (Å²) in [4.78, 5) is 16.5. The van der Waals surface area contributed by atoms with Crippen LogP contribution in [0.4, 0.5) is 0 Å². The maximum Gasteiger partial charge on any atom is 0.220 e. The lowest BCUT2D eigenvalue weighted by Crippen LogP contribution is -2.25. The van der Waals surface area contributed by atoms with Crippen molar-refractivity contribution in [3.05, 3.63) is 66.1 Å². The Balaban J connectivity index is 1.44. The molecule has 1 aromatic carbocycles. The van der Waals surface area contributed by atoms with Gasteiger partial charge in [0.2, 0.25) is 5.91 Å². The Morgan fingerprint density at radius 3 is 2.96 bits per heavy atom. The van der Waals surface area contributed by atoms with E-state index in [1.165, 1.54) is 0 Å². The van der Waals surface area contributed by atoms with E-state index in [1.807, 2.05) is 59.3 Å². The fourth-order valence-corrected chi connectivity index (χ4v) is 2.61. The highest BCUT2D eigenvalue weighted by Crippen LogP contribution is 2.12. The van der Waals surface area contributed by atoms with Crippen LogP contribution in [0.25, 0.3) is 5.65 Å². The molecule has 0 aliphatic heterocycles. The Bertz CT molecular complexity index is 793. The van der Waals surface area contributed by atoms with Crippen LogP contribution in [-0.2, 0) is 17.6 Å². The van der Waals surface area contributed by atoms with Gasteiger partial charge in [-0.05, 0) is 42.7 Å². The fourth-order valence-electron chi connectivity index (χ4n) is 2.61. The number of aromatic nitrogens is 2. The molecular weight excluding hydrogens is 302 g/mol. The molecule has 0 aliphatic rings. The van der Waals surface area contributed by atoms with E-state index in [0.717, 1.165) is 29.1 Å². The van der Waals surface area contributed by atoms with Crippen LogP contribution in [-0.4, -0.2) is 28.9 Å². The van der Waals surface area contributed by atoms with Crippen molar-refractivity contribution >= 4 is 11.6 Å². The summed E-state index contributed by atoms with van der Waals surface area (Å²) in [5.41, 5.74) is 2.99. The topological polar surface area (TPSA) is 55.6 Å². The number of benzene rings is 1. The van der Waals surface area contributed by atoms with Crippen LogP contribution in [0, 0.1) is 0 Å². The van der Waals surface area contributed by atoms with Gasteiger partial charge in [-0.1, -0.05) is 18.2 Å². The van der Waals surface area contributed by atoms with Crippen LogP contribution in [0.2, 0.25) is 0 Å². The van der Waals surface area contributed by atoms with Crippen molar-refractivity contribution in [2.45, 2.75) is 19.3 Å².